The van der Waals surface area contributed by atoms with Gasteiger partial charge in [-0.1, -0.05) is 17.7 Å². The standard InChI is InChI=1S/C15H22N2/c1-11-4-7-15-13(9-11)3-2-8-17(15)10-14(16)12-5-6-12/h4,7,9,12,14H,2-3,5-6,8,10,16H2,1H3. The number of anilines is 1. The molecule has 1 unspecified atom stereocenters. The molecule has 2 heteroatoms. The third-order valence-corrected chi connectivity index (χ3v) is 4.11. The van der Waals surface area contributed by atoms with Gasteiger partial charge < -0.3 is 10.6 Å². The second-order valence-corrected chi connectivity index (χ2v) is 5.68. The number of fused-ring (bicyclic) bond motifs is 1. The van der Waals surface area contributed by atoms with Crippen molar-refractivity contribution in [1.82, 2.24) is 0 Å². The van der Waals surface area contributed by atoms with Crippen LogP contribution in [0.1, 0.15) is 30.4 Å². The molecular weight excluding hydrogens is 208 g/mol. The molecule has 17 heavy (non-hydrogen) atoms. The maximum atomic E-state index is 6.26. The van der Waals surface area contributed by atoms with Crippen LogP contribution < -0.4 is 10.6 Å². The van der Waals surface area contributed by atoms with Crippen LogP contribution in [0.2, 0.25) is 0 Å². The summed E-state index contributed by atoms with van der Waals surface area (Å²) >= 11 is 0. The Kier molecular flexibility index (Phi) is 2.83. The summed E-state index contributed by atoms with van der Waals surface area (Å²) in [5.74, 6) is 0.797. The second-order valence-electron chi connectivity index (χ2n) is 5.68. The van der Waals surface area contributed by atoms with E-state index in [2.05, 4.69) is 30.0 Å². The van der Waals surface area contributed by atoms with Crippen molar-refractivity contribution in [1.29, 1.82) is 0 Å². The van der Waals surface area contributed by atoms with E-state index in [4.69, 9.17) is 5.73 Å². The van der Waals surface area contributed by atoms with Crippen molar-refractivity contribution in [2.45, 2.75) is 38.6 Å². The molecule has 0 saturated heterocycles. The van der Waals surface area contributed by atoms with Crippen LogP contribution in [0.25, 0.3) is 0 Å². The SMILES string of the molecule is Cc1ccc2c(c1)CCCN2CC(N)C1CC1. The van der Waals surface area contributed by atoms with Crippen LogP contribution in [0.3, 0.4) is 0 Å². The van der Waals surface area contributed by atoms with Crippen molar-refractivity contribution in [2.24, 2.45) is 11.7 Å². The fourth-order valence-electron chi connectivity index (χ4n) is 2.92. The van der Waals surface area contributed by atoms with Crippen molar-refractivity contribution in [3.05, 3.63) is 29.3 Å². The van der Waals surface area contributed by atoms with Gasteiger partial charge in [-0.3, -0.25) is 0 Å². The van der Waals surface area contributed by atoms with Gasteiger partial charge in [0, 0.05) is 24.8 Å². The molecule has 1 aromatic rings. The first kappa shape index (κ1) is 11.1. The number of hydrogen-bond acceptors (Lipinski definition) is 2. The summed E-state index contributed by atoms with van der Waals surface area (Å²) in [6, 6.07) is 7.22. The fraction of sp³-hybridized carbons (Fsp3) is 0.600. The van der Waals surface area contributed by atoms with Gasteiger partial charge in [0.15, 0.2) is 0 Å². The van der Waals surface area contributed by atoms with Gasteiger partial charge in [-0.05, 0) is 50.2 Å². The Labute approximate surface area is 104 Å². The highest BCUT2D eigenvalue weighted by molar-refractivity contribution is 5.56. The zero-order chi connectivity index (χ0) is 11.8. The van der Waals surface area contributed by atoms with E-state index in [1.165, 1.54) is 49.0 Å². The molecule has 92 valence electrons. The van der Waals surface area contributed by atoms with E-state index in [-0.39, 0.29) is 0 Å². The van der Waals surface area contributed by atoms with Crippen molar-refractivity contribution in [3.8, 4) is 0 Å². The average Bonchev–Trinajstić information content (AvgIpc) is 3.12. The monoisotopic (exact) mass is 230 g/mol. The lowest BCUT2D eigenvalue weighted by atomic mass is 9.99. The van der Waals surface area contributed by atoms with Crippen LogP contribution >= 0.6 is 0 Å². The molecular formula is C15H22N2. The number of nitrogens with zero attached hydrogens (tertiary/aromatic N) is 1. The van der Waals surface area contributed by atoms with E-state index in [1.807, 2.05) is 0 Å². The molecule has 0 amide bonds. The summed E-state index contributed by atoms with van der Waals surface area (Å²) in [7, 11) is 0. The minimum absolute atomic E-state index is 0.377. The normalized spacial score (nSPS) is 21.2. The molecule has 3 rings (SSSR count). The maximum Gasteiger partial charge on any atom is 0.0399 e. The number of hydrogen-bond donors (Lipinski definition) is 1. The lowest BCUT2D eigenvalue weighted by Crippen LogP contribution is -2.41. The fourth-order valence-corrected chi connectivity index (χ4v) is 2.92. The first-order valence-corrected chi connectivity index (χ1v) is 6.84. The Morgan fingerprint density at radius 3 is 3.00 bits per heavy atom. The molecule has 0 radical (unpaired) electrons. The highest BCUT2D eigenvalue weighted by Gasteiger charge is 2.30. The summed E-state index contributed by atoms with van der Waals surface area (Å²) in [6.07, 6.45) is 5.19. The Balaban J connectivity index is 1.78. The zero-order valence-electron chi connectivity index (χ0n) is 10.7. The van der Waals surface area contributed by atoms with E-state index in [1.54, 1.807) is 0 Å². The minimum Gasteiger partial charge on any atom is -0.370 e. The molecule has 1 aliphatic heterocycles. The molecule has 2 N–H and O–H groups in total. The first-order chi connectivity index (χ1) is 8.24. The number of nitrogens with two attached hydrogens (primary N) is 1. The van der Waals surface area contributed by atoms with Crippen molar-refractivity contribution in [3.63, 3.8) is 0 Å². The molecule has 0 bridgehead atoms. The summed E-state index contributed by atoms with van der Waals surface area (Å²) in [5, 5.41) is 0. The minimum atomic E-state index is 0.377. The predicted molar refractivity (Wildman–Crippen MR) is 72.4 cm³/mol. The third-order valence-electron chi connectivity index (χ3n) is 4.11. The van der Waals surface area contributed by atoms with Crippen LogP contribution in [0.4, 0.5) is 5.69 Å². The molecule has 2 aliphatic rings. The van der Waals surface area contributed by atoms with Crippen LogP contribution in [0.5, 0.6) is 0 Å². The van der Waals surface area contributed by atoms with E-state index >= 15 is 0 Å². The quantitative estimate of drug-likeness (QED) is 0.864. The van der Waals surface area contributed by atoms with Crippen LogP contribution in [-0.2, 0) is 6.42 Å². The number of benzene rings is 1. The molecule has 1 aromatic carbocycles. The van der Waals surface area contributed by atoms with Crippen molar-refractivity contribution in [2.75, 3.05) is 18.0 Å². The maximum absolute atomic E-state index is 6.26. The second kappa shape index (κ2) is 4.34. The van der Waals surface area contributed by atoms with Gasteiger partial charge in [0.05, 0.1) is 0 Å². The lowest BCUT2D eigenvalue weighted by molar-refractivity contribution is 0.556. The Hall–Kier alpha value is -1.02. The van der Waals surface area contributed by atoms with E-state index < -0.39 is 0 Å². The highest BCUT2D eigenvalue weighted by atomic mass is 15.1. The molecule has 1 heterocycles. The zero-order valence-corrected chi connectivity index (χ0v) is 10.7. The highest BCUT2D eigenvalue weighted by Crippen LogP contribution is 2.34. The largest absolute Gasteiger partial charge is 0.370 e. The summed E-state index contributed by atoms with van der Waals surface area (Å²) < 4.78 is 0. The number of aryl methyl sites for hydroxylation is 2. The predicted octanol–water partition coefficient (Wildman–Crippen LogP) is 2.48. The molecule has 1 aliphatic carbocycles. The molecule has 0 spiro atoms. The Morgan fingerprint density at radius 2 is 2.24 bits per heavy atom. The van der Waals surface area contributed by atoms with E-state index in [9.17, 15) is 0 Å². The van der Waals surface area contributed by atoms with Gasteiger partial charge in [-0.2, -0.15) is 0 Å². The third kappa shape index (κ3) is 2.32. The summed E-state index contributed by atoms with van der Waals surface area (Å²) in [6.45, 7) is 4.40. The smallest absolute Gasteiger partial charge is 0.0399 e. The van der Waals surface area contributed by atoms with Gasteiger partial charge in [-0.25, -0.2) is 0 Å². The van der Waals surface area contributed by atoms with Gasteiger partial charge in [-0.15, -0.1) is 0 Å². The van der Waals surface area contributed by atoms with Gasteiger partial charge >= 0.3 is 0 Å². The summed E-state index contributed by atoms with van der Waals surface area (Å²) in [5.41, 5.74) is 10.6. The van der Waals surface area contributed by atoms with E-state index in [0.717, 1.165) is 12.5 Å². The lowest BCUT2D eigenvalue weighted by Gasteiger charge is -2.33. The Morgan fingerprint density at radius 1 is 1.41 bits per heavy atom. The topological polar surface area (TPSA) is 29.3 Å². The van der Waals surface area contributed by atoms with Crippen LogP contribution in [0.15, 0.2) is 18.2 Å². The van der Waals surface area contributed by atoms with Gasteiger partial charge in [0.2, 0.25) is 0 Å². The molecule has 2 nitrogen and oxygen atoms in total. The molecule has 1 atom stereocenters. The van der Waals surface area contributed by atoms with Gasteiger partial charge in [0.25, 0.3) is 0 Å². The molecule has 1 fully saturated rings. The van der Waals surface area contributed by atoms with Crippen molar-refractivity contribution < 1.29 is 0 Å². The first-order valence-electron chi connectivity index (χ1n) is 6.84. The van der Waals surface area contributed by atoms with Crippen LogP contribution in [0, 0.1) is 12.8 Å². The van der Waals surface area contributed by atoms with Crippen LogP contribution in [-0.4, -0.2) is 19.1 Å². The average molecular weight is 230 g/mol. The van der Waals surface area contributed by atoms with E-state index in [0.29, 0.717) is 6.04 Å². The Bertz CT molecular complexity index is 409. The number of rotatable bonds is 3. The van der Waals surface area contributed by atoms with Gasteiger partial charge in [0.1, 0.15) is 0 Å². The molecule has 0 aromatic heterocycles. The molecule has 1 saturated carbocycles. The summed E-state index contributed by atoms with van der Waals surface area (Å²) in [4.78, 5) is 2.50. The van der Waals surface area contributed by atoms with Crippen molar-refractivity contribution >= 4 is 5.69 Å².